The van der Waals surface area contributed by atoms with Crippen molar-refractivity contribution in [3.8, 4) is 23.0 Å². The van der Waals surface area contributed by atoms with Crippen LogP contribution in [0.5, 0.6) is 0 Å². The molecule has 0 amide bonds. The van der Waals surface area contributed by atoms with Crippen LogP contribution in [0.25, 0.3) is 23.0 Å². The van der Waals surface area contributed by atoms with Gasteiger partial charge < -0.3 is 4.52 Å². The van der Waals surface area contributed by atoms with Crippen LogP contribution in [0.4, 0.5) is 0 Å². The average Bonchev–Trinajstić information content (AvgIpc) is 2.98. The van der Waals surface area contributed by atoms with E-state index >= 15 is 0 Å². The van der Waals surface area contributed by atoms with Crippen LogP contribution in [0.3, 0.4) is 0 Å². The maximum absolute atomic E-state index is 5.14. The van der Waals surface area contributed by atoms with Gasteiger partial charge in [-0.1, -0.05) is 40.7 Å². The fourth-order valence-electron chi connectivity index (χ4n) is 1.48. The van der Waals surface area contributed by atoms with Crippen molar-refractivity contribution in [2.24, 2.45) is 7.05 Å². The first-order valence-corrected chi connectivity index (χ1v) is 5.09. The molecule has 0 aliphatic heterocycles. The van der Waals surface area contributed by atoms with E-state index in [1.165, 1.54) is 0 Å². The summed E-state index contributed by atoms with van der Waals surface area (Å²) in [6, 6.07) is 9.63. The second-order valence-corrected chi connectivity index (χ2v) is 3.57. The van der Waals surface area contributed by atoms with Gasteiger partial charge in [0.05, 0.1) is 6.20 Å². The van der Waals surface area contributed by atoms with Gasteiger partial charge in [0.1, 0.15) is 0 Å². The third-order valence-corrected chi connectivity index (χ3v) is 2.28. The van der Waals surface area contributed by atoms with Gasteiger partial charge in [-0.15, -0.1) is 5.10 Å². The SMILES string of the molecule is Cn1cc(-c2nc(-c3ccccc3)no2)nn1. The lowest BCUT2D eigenvalue weighted by atomic mass is 10.2. The van der Waals surface area contributed by atoms with Crippen LogP contribution in [0.15, 0.2) is 41.1 Å². The summed E-state index contributed by atoms with van der Waals surface area (Å²) >= 11 is 0. The predicted octanol–water partition coefficient (Wildman–Crippen LogP) is 1.53. The molecule has 0 saturated carbocycles. The number of hydrogen-bond acceptors (Lipinski definition) is 5. The topological polar surface area (TPSA) is 69.6 Å². The molecule has 0 saturated heterocycles. The molecule has 0 aliphatic rings. The maximum atomic E-state index is 5.14. The lowest BCUT2D eigenvalue weighted by Crippen LogP contribution is -1.85. The van der Waals surface area contributed by atoms with E-state index in [4.69, 9.17) is 4.52 Å². The molecule has 2 aromatic heterocycles. The molecule has 6 nitrogen and oxygen atoms in total. The van der Waals surface area contributed by atoms with Crippen molar-refractivity contribution in [3.05, 3.63) is 36.5 Å². The average molecular weight is 227 g/mol. The summed E-state index contributed by atoms with van der Waals surface area (Å²) in [5.74, 6) is 0.920. The Labute approximate surface area is 96.9 Å². The van der Waals surface area contributed by atoms with Crippen LogP contribution in [0, 0.1) is 0 Å². The molecular weight excluding hydrogens is 218 g/mol. The van der Waals surface area contributed by atoms with E-state index in [-0.39, 0.29) is 0 Å². The molecular formula is C11H9N5O. The summed E-state index contributed by atoms with van der Waals surface area (Å²) in [7, 11) is 1.78. The Bertz CT molecular complexity index is 628. The molecule has 3 rings (SSSR count). The van der Waals surface area contributed by atoms with Crippen LogP contribution in [-0.4, -0.2) is 25.1 Å². The molecule has 0 bridgehead atoms. The lowest BCUT2D eigenvalue weighted by molar-refractivity contribution is 0.431. The predicted molar refractivity (Wildman–Crippen MR) is 59.7 cm³/mol. The molecule has 2 heterocycles. The minimum Gasteiger partial charge on any atom is -0.332 e. The molecule has 0 N–H and O–H groups in total. The van der Waals surface area contributed by atoms with Gasteiger partial charge in [-0.2, -0.15) is 4.98 Å². The number of rotatable bonds is 2. The summed E-state index contributed by atoms with van der Waals surface area (Å²) < 4.78 is 6.73. The van der Waals surface area contributed by atoms with Crippen LogP contribution in [-0.2, 0) is 7.05 Å². The third kappa shape index (κ3) is 1.80. The highest BCUT2D eigenvalue weighted by atomic mass is 16.5. The number of hydrogen-bond donors (Lipinski definition) is 0. The Kier molecular flexibility index (Phi) is 2.18. The molecule has 0 spiro atoms. The number of nitrogens with zero attached hydrogens (tertiary/aromatic N) is 5. The first kappa shape index (κ1) is 9.71. The summed E-state index contributed by atoms with van der Waals surface area (Å²) in [6.07, 6.45) is 1.72. The largest absolute Gasteiger partial charge is 0.332 e. The normalized spacial score (nSPS) is 10.6. The Hall–Kier alpha value is -2.50. The molecule has 0 fully saturated rings. The molecule has 0 aliphatic carbocycles. The van der Waals surface area contributed by atoms with Crippen LogP contribution < -0.4 is 0 Å². The lowest BCUT2D eigenvalue weighted by Gasteiger charge is -1.89. The van der Waals surface area contributed by atoms with E-state index in [0.717, 1.165) is 5.56 Å². The minimum atomic E-state index is 0.372. The highest BCUT2D eigenvalue weighted by Gasteiger charge is 2.12. The maximum Gasteiger partial charge on any atom is 0.280 e. The number of aryl methyl sites for hydroxylation is 1. The van der Waals surface area contributed by atoms with E-state index in [9.17, 15) is 0 Å². The van der Waals surface area contributed by atoms with Gasteiger partial charge in [0.2, 0.25) is 5.82 Å². The molecule has 3 aromatic rings. The molecule has 1 aromatic carbocycles. The minimum absolute atomic E-state index is 0.372. The fraction of sp³-hybridized carbons (Fsp3) is 0.0909. The van der Waals surface area contributed by atoms with Crippen LogP contribution >= 0.6 is 0 Å². The van der Waals surface area contributed by atoms with Crippen molar-refractivity contribution in [1.82, 2.24) is 25.1 Å². The standard InChI is InChI=1S/C11H9N5O/c1-16-7-9(13-15-16)11-12-10(14-17-11)8-5-3-2-4-6-8/h2-7H,1H3. The van der Waals surface area contributed by atoms with Crippen molar-refractivity contribution in [3.63, 3.8) is 0 Å². The first-order chi connectivity index (χ1) is 8.33. The second kappa shape index (κ2) is 3.82. The third-order valence-electron chi connectivity index (χ3n) is 2.28. The Balaban J connectivity index is 1.99. The van der Waals surface area contributed by atoms with E-state index in [0.29, 0.717) is 17.4 Å². The van der Waals surface area contributed by atoms with Gasteiger partial charge in [0, 0.05) is 12.6 Å². The zero-order valence-electron chi connectivity index (χ0n) is 9.11. The monoisotopic (exact) mass is 227 g/mol. The fourth-order valence-corrected chi connectivity index (χ4v) is 1.48. The van der Waals surface area contributed by atoms with Gasteiger partial charge >= 0.3 is 0 Å². The van der Waals surface area contributed by atoms with E-state index in [1.54, 1.807) is 17.9 Å². The molecule has 17 heavy (non-hydrogen) atoms. The summed E-state index contributed by atoms with van der Waals surface area (Å²) in [4.78, 5) is 4.27. The van der Waals surface area contributed by atoms with Crippen LogP contribution in [0.2, 0.25) is 0 Å². The summed E-state index contributed by atoms with van der Waals surface area (Å²) in [6.45, 7) is 0. The Morgan fingerprint density at radius 3 is 2.71 bits per heavy atom. The quantitative estimate of drug-likeness (QED) is 0.664. The van der Waals surface area contributed by atoms with Crippen molar-refractivity contribution in [1.29, 1.82) is 0 Å². The number of benzene rings is 1. The van der Waals surface area contributed by atoms with Gasteiger partial charge in [-0.05, 0) is 0 Å². The zero-order chi connectivity index (χ0) is 11.7. The Morgan fingerprint density at radius 2 is 2.00 bits per heavy atom. The smallest absolute Gasteiger partial charge is 0.280 e. The first-order valence-electron chi connectivity index (χ1n) is 5.09. The number of aromatic nitrogens is 5. The van der Waals surface area contributed by atoms with Crippen molar-refractivity contribution >= 4 is 0 Å². The van der Waals surface area contributed by atoms with E-state index in [1.807, 2.05) is 30.3 Å². The van der Waals surface area contributed by atoms with Crippen LogP contribution in [0.1, 0.15) is 0 Å². The zero-order valence-corrected chi connectivity index (χ0v) is 9.11. The molecule has 0 radical (unpaired) electrons. The van der Waals surface area contributed by atoms with Crippen molar-refractivity contribution < 1.29 is 4.52 Å². The van der Waals surface area contributed by atoms with Gasteiger partial charge in [-0.25, -0.2) is 0 Å². The molecule has 6 heteroatoms. The van der Waals surface area contributed by atoms with Gasteiger partial charge in [0.25, 0.3) is 5.89 Å². The van der Waals surface area contributed by atoms with Gasteiger partial charge in [0.15, 0.2) is 5.69 Å². The van der Waals surface area contributed by atoms with Crippen molar-refractivity contribution in [2.45, 2.75) is 0 Å². The highest BCUT2D eigenvalue weighted by molar-refractivity contribution is 5.56. The summed E-state index contributed by atoms with van der Waals surface area (Å²) in [5.41, 5.74) is 1.48. The molecule has 0 atom stereocenters. The highest BCUT2D eigenvalue weighted by Crippen LogP contribution is 2.19. The van der Waals surface area contributed by atoms with E-state index < -0.39 is 0 Å². The second-order valence-electron chi connectivity index (χ2n) is 3.57. The van der Waals surface area contributed by atoms with Crippen molar-refractivity contribution in [2.75, 3.05) is 0 Å². The Morgan fingerprint density at radius 1 is 1.18 bits per heavy atom. The summed E-state index contributed by atoms with van der Waals surface area (Å²) in [5, 5.41) is 11.6. The van der Waals surface area contributed by atoms with E-state index in [2.05, 4.69) is 20.5 Å². The molecule has 84 valence electrons. The molecule has 0 unspecified atom stereocenters. The van der Waals surface area contributed by atoms with Gasteiger partial charge in [-0.3, -0.25) is 4.68 Å².